The summed E-state index contributed by atoms with van der Waals surface area (Å²) in [5.41, 5.74) is 6.25. The van der Waals surface area contributed by atoms with E-state index in [0.717, 1.165) is 6.07 Å². The highest BCUT2D eigenvalue weighted by molar-refractivity contribution is 5.95. The highest BCUT2D eigenvalue weighted by Crippen LogP contribution is 2.23. The van der Waals surface area contributed by atoms with Crippen LogP contribution in [0.2, 0.25) is 0 Å². The van der Waals surface area contributed by atoms with Crippen molar-refractivity contribution >= 4 is 23.3 Å². The van der Waals surface area contributed by atoms with Crippen LogP contribution in [0.5, 0.6) is 0 Å². The van der Waals surface area contributed by atoms with E-state index >= 15 is 0 Å². The minimum Gasteiger partial charge on any atom is -0.465 e. The number of aromatic nitrogens is 1. The summed E-state index contributed by atoms with van der Waals surface area (Å²) in [4.78, 5) is 15.4. The summed E-state index contributed by atoms with van der Waals surface area (Å²) in [5, 5.41) is 2.81. The minimum atomic E-state index is -0.821. The molecule has 1 aromatic carbocycles. The van der Waals surface area contributed by atoms with Crippen molar-refractivity contribution in [2.24, 2.45) is 0 Å². The van der Waals surface area contributed by atoms with Gasteiger partial charge in [-0.1, -0.05) is 12.1 Å². The fraction of sp³-hybridized carbons (Fsp3) is 0.143. The van der Waals surface area contributed by atoms with Crippen LogP contribution in [0.1, 0.15) is 15.9 Å². The summed E-state index contributed by atoms with van der Waals surface area (Å²) in [6, 6.07) is 7.39. The van der Waals surface area contributed by atoms with Gasteiger partial charge in [0.2, 0.25) is 0 Å². The third-order valence-electron chi connectivity index (χ3n) is 2.75. The number of hydrogen-bond acceptors (Lipinski definition) is 5. The lowest BCUT2D eigenvalue weighted by Crippen LogP contribution is -2.10. The number of esters is 1. The van der Waals surface area contributed by atoms with E-state index in [2.05, 4.69) is 15.0 Å². The molecular weight excluding hydrogens is 280 g/mol. The Morgan fingerprint density at radius 3 is 2.86 bits per heavy atom. The Hall–Kier alpha value is -2.70. The van der Waals surface area contributed by atoms with Gasteiger partial charge in [0.1, 0.15) is 18.1 Å². The number of pyridine rings is 1. The number of benzene rings is 1. The summed E-state index contributed by atoms with van der Waals surface area (Å²) in [6.45, 7) is -0.627. The van der Waals surface area contributed by atoms with Crippen LogP contribution >= 0.6 is 0 Å². The normalized spacial score (nSPS) is 10.2. The molecule has 0 radical (unpaired) electrons. The van der Waals surface area contributed by atoms with Gasteiger partial charge in [-0.2, -0.15) is 0 Å². The fourth-order valence-corrected chi connectivity index (χ4v) is 1.73. The van der Waals surface area contributed by atoms with Gasteiger partial charge in [0, 0.05) is 5.69 Å². The molecule has 0 saturated heterocycles. The highest BCUT2D eigenvalue weighted by Gasteiger charge is 2.17. The molecule has 0 fully saturated rings. The number of nitrogen functional groups attached to an aromatic ring is 1. The van der Waals surface area contributed by atoms with Crippen LogP contribution in [-0.2, 0) is 11.4 Å². The Morgan fingerprint density at radius 1 is 1.43 bits per heavy atom. The number of nitrogens with two attached hydrogens (primary N) is 1. The molecule has 1 heterocycles. The van der Waals surface area contributed by atoms with Crippen molar-refractivity contribution in [3.63, 3.8) is 0 Å². The molecule has 0 amide bonds. The quantitative estimate of drug-likeness (QED) is 0.848. The first-order valence-corrected chi connectivity index (χ1v) is 6.01. The second-order valence-electron chi connectivity index (χ2n) is 4.20. The summed E-state index contributed by atoms with van der Waals surface area (Å²) in [5.74, 6) is -1.90. The Kier molecular flexibility index (Phi) is 4.32. The molecule has 0 aliphatic rings. The van der Waals surface area contributed by atoms with Crippen LogP contribution in [0, 0.1) is 5.82 Å². The van der Waals surface area contributed by atoms with Gasteiger partial charge >= 0.3 is 5.97 Å². The molecule has 0 aliphatic heterocycles. The second kappa shape index (κ2) is 6.17. The Bertz CT molecular complexity index is 677. The van der Waals surface area contributed by atoms with Crippen LogP contribution in [0.25, 0.3) is 0 Å². The number of nitrogens with zero attached hydrogens (tertiary/aromatic N) is 1. The highest BCUT2D eigenvalue weighted by atomic mass is 19.1. The van der Waals surface area contributed by atoms with E-state index in [4.69, 9.17) is 5.73 Å². The van der Waals surface area contributed by atoms with Gasteiger partial charge in [-0.25, -0.2) is 18.6 Å². The number of rotatable bonds is 4. The predicted molar refractivity (Wildman–Crippen MR) is 74.5 cm³/mol. The number of alkyl halides is 1. The van der Waals surface area contributed by atoms with Gasteiger partial charge in [-0.15, -0.1) is 0 Å². The largest absolute Gasteiger partial charge is 0.465 e. The number of carbonyl (C=O) groups is 1. The Labute approximate surface area is 119 Å². The van der Waals surface area contributed by atoms with E-state index in [1.807, 2.05) is 0 Å². The zero-order valence-electron chi connectivity index (χ0n) is 11.2. The molecule has 2 rings (SSSR count). The van der Waals surface area contributed by atoms with Crippen LogP contribution in [0.3, 0.4) is 0 Å². The molecule has 3 N–H and O–H groups in total. The lowest BCUT2D eigenvalue weighted by Gasteiger charge is -2.11. The molecule has 110 valence electrons. The topological polar surface area (TPSA) is 77.2 Å². The number of methoxy groups -OCH3 is 1. The maximum atomic E-state index is 13.4. The van der Waals surface area contributed by atoms with Crippen molar-refractivity contribution in [2.75, 3.05) is 18.2 Å². The van der Waals surface area contributed by atoms with E-state index < -0.39 is 18.5 Å². The van der Waals surface area contributed by atoms with Crippen LogP contribution in [0.15, 0.2) is 30.3 Å². The summed E-state index contributed by atoms with van der Waals surface area (Å²) in [7, 11) is 1.17. The second-order valence-corrected chi connectivity index (χ2v) is 4.20. The maximum Gasteiger partial charge on any atom is 0.341 e. The van der Waals surface area contributed by atoms with Crippen LogP contribution < -0.4 is 11.1 Å². The monoisotopic (exact) mass is 293 g/mol. The molecule has 0 spiro atoms. The average Bonchev–Trinajstić information content (AvgIpc) is 2.50. The zero-order valence-corrected chi connectivity index (χ0v) is 11.2. The molecular formula is C14H13F2N3O2. The number of anilines is 3. The van der Waals surface area contributed by atoms with Crippen molar-refractivity contribution in [2.45, 2.75) is 6.67 Å². The van der Waals surface area contributed by atoms with Gasteiger partial charge in [-0.3, -0.25) is 0 Å². The molecule has 1 aromatic heterocycles. The number of halogens is 2. The number of ether oxygens (including phenoxy) is 1. The molecule has 0 unspecified atom stereocenters. The molecule has 0 atom stereocenters. The standard InChI is InChI=1S/C14H13F2N3O2/c1-21-14(20)10-6-11(16)12(17)19-13(10)18-9-4-2-3-8(5-9)7-15/h2-6H,7H2,1H3,(H3,17,18,19). The maximum absolute atomic E-state index is 13.4. The first kappa shape index (κ1) is 14.7. The van der Waals surface area contributed by atoms with Crippen molar-refractivity contribution in [3.05, 3.63) is 47.3 Å². The van der Waals surface area contributed by atoms with Crippen LogP contribution in [-0.4, -0.2) is 18.1 Å². The van der Waals surface area contributed by atoms with E-state index in [1.165, 1.54) is 7.11 Å². The fourth-order valence-electron chi connectivity index (χ4n) is 1.73. The minimum absolute atomic E-state index is 0.0387. The third-order valence-corrected chi connectivity index (χ3v) is 2.75. The van der Waals surface area contributed by atoms with Gasteiger partial charge < -0.3 is 15.8 Å². The van der Waals surface area contributed by atoms with E-state index in [1.54, 1.807) is 24.3 Å². The van der Waals surface area contributed by atoms with E-state index in [9.17, 15) is 13.6 Å². The summed E-state index contributed by atoms with van der Waals surface area (Å²) in [6.07, 6.45) is 0. The first-order valence-electron chi connectivity index (χ1n) is 6.01. The first-order chi connectivity index (χ1) is 10.0. The number of carbonyl (C=O) groups excluding carboxylic acids is 1. The van der Waals surface area contributed by atoms with E-state index in [-0.39, 0.29) is 17.2 Å². The number of nitrogens with one attached hydrogen (secondary N) is 1. The molecule has 2 aromatic rings. The molecule has 0 saturated carbocycles. The lowest BCUT2D eigenvalue weighted by atomic mass is 10.2. The number of hydrogen-bond donors (Lipinski definition) is 2. The summed E-state index contributed by atoms with van der Waals surface area (Å²) < 4.78 is 30.6. The van der Waals surface area contributed by atoms with Gasteiger partial charge in [-0.05, 0) is 23.8 Å². The van der Waals surface area contributed by atoms with Crippen molar-refractivity contribution in [3.8, 4) is 0 Å². The molecule has 7 heteroatoms. The van der Waals surface area contributed by atoms with Crippen molar-refractivity contribution in [1.29, 1.82) is 0 Å². The predicted octanol–water partition coefficient (Wildman–Crippen LogP) is 2.80. The SMILES string of the molecule is COC(=O)c1cc(F)c(N)nc1Nc1cccc(CF)c1. The lowest BCUT2D eigenvalue weighted by molar-refractivity contribution is 0.0601. The van der Waals surface area contributed by atoms with Crippen molar-refractivity contribution < 1.29 is 18.3 Å². The summed E-state index contributed by atoms with van der Waals surface area (Å²) >= 11 is 0. The van der Waals surface area contributed by atoms with Gasteiger partial charge in [0.15, 0.2) is 11.6 Å². The van der Waals surface area contributed by atoms with Crippen LogP contribution in [0.4, 0.5) is 26.1 Å². The molecule has 0 bridgehead atoms. The molecule has 21 heavy (non-hydrogen) atoms. The molecule has 0 aliphatic carbocycles. The Balaban J connectivity index is 2.42. The van der Waals surface area contributed by atoms with E-state index in [0.29, 0.717) is 11.3 Å². The van der Waals surface area contributed by atoms with Gasteiger partial charge in [0.05, 0.1) is 7.11 Å². The Morgan fingerprint density at radius 2 is 2.19 bits per heavy atom. The van der Waals surface area contributed by atoms with Gasteiger partial charge in [0.25, 0.3) is 0 Å². The average molecular weight is 293 g/mol. The van der Waals surface area contributed by atoms with Crippen molar-refractivity contribution in [1.82, 2.24) is 4.98 Å². The smallest absolute Gasteiger partial charge is 0.341 e. The zero-order chi connectivity index (χ0) is 15.4. The molecule has 5 nitrogen and oxygen atoms in total. The third kappa shape index (κ3) is 3.25.